The minimum absolute atomic E-state index is 0.0294. The number of halogens is 3. The number of hydrogen-bond donors (Lipinski definition) is 0. The first-order valence-corrected chi connectivity index (χ1v) is 8.06. The number of aryl methyl sites for hydroxylation is 1. The molecule has 0 aromatic carbocycles. The fourth-order valence-electron chi connectivity index (χ4n) is 2.63. The highest BCUT2D eigenvalue weighted by Crippen LogP contribution is 2.33. The van der Waals surface area contributed by atoms with Crippen molar-refractivity contribution < 1.29 is 22.5 Å². The first-order valence-electron chi connectivity index (χ1n) is 7.18. The second-order valence-electron chi connectivity index (χ2n) is 5.28. The molecule has 0 spiro atoms. The van der Waals surface area contributed by atoms with Crippen LogP contribution in [0.2, 0.25) is 0 Å². The molecule has 5 nitrogen and oxygen atoms in total. The molecule has 23 heavy (non-hydrogen) atoms. The summed E-state index contributed by atoms with van der Waals surface area (Å²) < 4.78 is 43.6. The van der Waals surface area contributed by atoms with Crippen LogP contribution in [0.25, 0.3) is 10.7 Å². The van der Waals surface area contributed by atoms with Crippen molar-refractivity contribution >= 4 is 17.2 Å². The van der Waals surface area contributed by atoms with E-state index in [1.165, 1.54) is 11.3 Å². The summed E-state index contributed by atoms with van der Waals surface area (Å²) in [5, 5.41) is 5.68. The van der Waals surface area contributed by atoms with E-state index in [1.807, 2.05) is 17.5 Å². The van der Waals surface area contributed by atoms with E-state index in [9.17, 15) is 18.0 Å². The highest BCUT2D eigenvalue weighted by Gasteiger charge is 2.47. The third-order valence-corrected chi connectivity index (χ3v) is 4.58. The lowest BCUT2D eigenvalue weighted by molar-refractivity contribution is -0.182. The van der Waals surface area contributed by atoms with Crippen molar-refractivity contribution in [2.24, 2.45) is 0 Å². The summed E-state index contributed by atoms with van der Waals surface area (Å²) in [6.45, 7) is 0.146. The molecule has 1 amide bonds. The van der Waals surface area contributed by atoms with Crippen molar-refractivity contribution in [3.63, 3.8) is 0 Å². The molecule has 124 valence electrons. The van der Waals surface area contributed by atoms with E-state index >= 15 is 0 Å². The summed E-state index contributed by atoms with van der Waals surface area (Å²) in [5.41, 5.74) is 0. The number of carbonyl (C=O) groups is 1. The number of amides is 1. The predicted octanol–water partition coefficient (Wildman–Crippen LogP) is 3.28. The topological polar surface area (TPSA) is 59.2 Å². The largest absolute Gasteiger partial charge is 0.408 e. The van der Waals surface area contributed by atoms with Crippen LogP contribution in [0, 0.1) is 0 Å². The van der Waals surface area contributed by atoms with Crippen LogP contribution in [0.4, 0.5) is 13.2 Å². The fraction of sp³-hybridized carbons (Fsp3) is 0.500. The molecule has 1 saturated heterocycles. The van der Waals surface area contributed by atoms with Gasteiger partial charge < -0.3 is 9.42 Å². The Labute approximate surface area is 134 Å². The molecule has 1 fully saturated rings. The monoisotopic (exact) mass is 345 g/mol. The average Bonchev–Trinajstić information content (AvgIpc) is 3.22. The molecule has 3 rings (SSSR count). The molecule has 2 aromatic heterocycles. The molecule has 0 radical (unpaired) electrons. The number of likely N-dealkylation sites (tertiary alicyclic amines) is 1. The SMILES string of the molecule is O=C(CCc1nc(-c2cccs2)no1)N1CCC[C@H]1C(F)(F)F. The maximum atomic E-state index is 12.9. The third kappa shape index (κ3) is 3.54. The number of nitrogens with zero attached hydrogens (tertiary/aromatic N) is 3. The van der Waals surface area contributed by atoms with E-state index in [2.05, 4.69) is 10.1 Å². The quantitative estimate of drug-likeness (QED) is 0.853. The number of rotatable bonds is 4. The first kappa shape index (κ1) is 16.0. The Hall–Kier alpha value is -1.90. The molecular formula is C14H14F3N3O2S. The number of hydrogen-bond acceptors (Lipinski definition) is 5. The van der Waals surface area contributed by atoms with Gasteiger partial charge in [0, 0.05) is 19.4 Å². The minimum atomic E-state index is -4.37. The zero-order valence-electron chi connectivity index (χ0n) is 12.0. The van der Waals surface area contributed by atoms with Crippen LogP contribution < -0.4 is 0 Å². The molecular weight excluding hydrogens is 331 g/mol. The van der Waals surface area contributed by atoms with Crippen LogP contribution in [-0.2, 0) is 11.2 Å². The number of carbonyl (C=O) groups excluding carboxylic acids is 1. The van der Waals surface area contributed by atoms with Crippen molar-refractivity contribution in [1.29, 1.82) is 0 Å². The Morgan fingerprint density at radius 2 is 2.30 bits per heavy atom. The highest BCUT2D eigenvalue weighted by atomic mass is 32.1. The van der Waals surface area contributed by atoms with Gasteiger partial charge in [0.05, 0.1) is 4.88 Å². The van der Waals surface area contributed by atoms with E-state index in [0.29, 0.717) is 12.2 Å². The van der Waals surface area contributed by atoms with Crippen LogP contribution in [0.1, 0.15) is 25.2 Å². The summed E-state index contributed by atoms with van der Waals surface area (Å²) in [7, 11) is 0. The lowest BCUT2D eigenvalue weighted by Gasteiger charge is -2.26. The number of aromatic nitrogens is 2. The summed E-state index contributed by atoms with van der Waals surface area (Å²) in [4.78, 5) is 18.0. The molecule has 1 aliphatic heterocycles. The van der Waals surface area contributed by atoms with Crippen LogP contribution in [0.5, 0.6) is 0 Å². The van der Waals surface area contributed by atoms with E-state index in [0.717, 1.165) is 9.78 Å². The summed E-state index contributed by atoms with van der Waals surface area (Å²) >= 11 is 1.45. The van der Waals surface area contributed by atoms with E-state index < -0.39 is 18.1 Å². The van der Waals surface area contributed by atoms with Crippen LogP contribution in [-0.4, -0.2) is 39.7 Å². The first-order chi connectivity index (χ1) is 10.9. The van der Waals surface area contributed by atoms with Gasteiger partial charge >= 0.3 is 6.18 Å². The summed E-state index contributed by atoms with van der Waals surface area (Å²) in [5.74, 6) is 0.155. The van der Waals surface area contributed by atoms with Gasteiger partial charge in [0.1, 0.15) is 6.04 Å². The van der Waals surface area contributed by atoms with Crippen LogP contribution in [0.3, 0.4) is 0 Å². The van der Waals surface area contributed by atoms with Crippen molar-refractivity contribution in [2.75, 3.05) is 6.54 Å². The maximum Gasteiger partial charge on any atom is 0.408 e. The summed E-state index contributed by atoms with van der Waals surface area (Å²) in [6.07, 6.45) is -3.96. The molecule has 0 saturated carbocycles. The fourth-order valence-corrected chi connectivity index (χ4v) is 3.27. The zero-order chi connectivity index (χ0) is 16.4. The second-order valence-corrected chi connectivity index (χ2v) is 6.22. The number of alkyl halides is 3. The Bertz CT molecular complexity index is 669. The van der Waals surface area contributed by atoms with Crippen molar-refractivity contribution in [3.8, 4) is 10.7 Å². The molecule has 0 bridgehead atoms. The van der Waals surface area contributed by atoms with E-state index in [4.69, 9.17) is 4.52 Å². The van der Waals surface area contributed by atoms with Gasteiger partial charge in [-0.15, -0.1) is 11.3 Å². The molecule has 0 N–H and O–H groups in total. The standard InChI is InChI=1S/C14H14F3N3O2S/c15-14(16,17)10-4-1-7-20(10)12(21)6-5-11-18-13(19-22-11)9-3-2-8-23-9/h2-3,8,10H,1,4-7H2/t10-/m0/s1. The summed E-state index contributed by atoms with van der Waals surface area (Å²) in [6, 6.07) is 2.02. The Morgan fingerprint density at radius 3 is 3.00 bits per heavy atom. The number of thiophene rings is 1. The van der Waals surface area contributed by atoms with Crippen LogP contribution >= 0.6 is 11.3 Å². The lowest BCUT2D eigenvalue weighted by atomic mass is 10.2. The van der Waals surface area contributed by atoms with Crippen molar-refractivity contribution in [2.45, 2.75) is 37.9 Å². The van der Waals surface area contributed by atoms with Gasteiger partial charge in [0.15, 0.2) is 0 Å². The molecule has 2 aromatic rings. The van der Waals surface area contributed by atoms with Gasteiger partial charge in [-0.3, -0.25) is 4.79 Å². The second kappa shape index (κ2) is 6.31. The van der Waals surface area contributed by atoms with Gasteiger partial charge in [0.25, 0.3) is 0 Å². The van der Waals surface area contributed by atoms with Crippen LogP contribution in [0.15, 0.2) is 22.0 Å². The van der Waals surface area contributed by atoms with Gasteiger partial charge in [-0.25, -0.2) is 0 Å². The smallest absolute Gasteiger partial charge is 0.339 e. The molecule has 0 unspecified atom stereocenters. The molecule has 9 heteroatoms. The van der Waals surface area contributed by atoms with Gasteiger partial charge in [-0.2, -0.15) is 18.2 Å². The minimum Gasteiger partial charge on any atom is -0.339 e. The average molecular weight is 345 g/mol. The normalized spacial score (nSPS) is 18.6. The molecule has 3 heterocycles. The van der Waals surface area contributed by atoms with E-state index in [1.54, 1.807) is 0 Å². The Morgan fingerprint density at radius 1 is 1.48 bits per heavy atom. The van der Waals surface area contributed by atoms with Crippen molar-refractivity contribution in [1.82, 2.24) is 15.0 Å². The Balaban J connectivity index is 1.59. The van der Waals surface area contributed by atoms with Gasteiger partial charge in [0.2, 0.25) is 17.6 Å². The third-order valence-electron chi connectivity index (χ3n) is 3.71. The predicted molar refractivity (Wildman–Crippen MR) is 76.7 cm³/mol. The van der Waals surface area contributed by atoms with Gasteiger partial charge in [-0.1, -0.05) is 11.2 Å². The maximum absolute atomic E-state index is 12.9. The molecule has 1 atom stereocenters. The molecule has 0 aliphatic carbocycles. The lowest BCUT2D eigenvalue weighted by Crippen LogP contribution is -2.44. The van der Waals surface area contributed by atoms with E-state index in [-0.39, 0.29) is 31.7 Å². The Kier molecular flexibility index (Phi) is 4.38. The van der Waals surface area contributed by atoms with Gasteiger partial charge in [-0.05, 0) is 24.3 Å². The zero-order valence-corrected chi connectivity index (χ0v) is 12.9. The van der Waals surface area contributed by atoms with Crippen molar-refractivity contribution in [3.05, 3.63) is 23.4 Å². The molecule has 1 aliphatic rings. The highest BCUT2D eigenvalue weighted by molar-refractivity contribution is 7.13.